The fraction of sp³-hybridized carbons (Fsp3) is 0.353. The molecule has 0 fully saturated rings. The molecule has 26 heavy (non-hydrogen) atoms. The van der Waals surface area contributed by atoms with E-state index in [1.54, 1.807) is 20.8 Å². The minimum atomic E-state index is -0.726. The third-order valence-electron chi connectivity index (χ3n) is 4.01. The normalized spacial score (nSPS) is 12.2. The zero-order valence-electron chi connectivity index (χ0n) is 15.4. The second kappa shape index (κ2) is 7.77. The van der Waals surface area contributed by atoms with Crippen molar-refractivity contribution >= 4 is 23.5 Å². The minimum Gasteiger partial charge on any atom is -0.378 e. The van der Waals surface area contributed by atoms with Crippen molar-refractivity contribution in [2.75, 3.05) is 19.0 Å². The number of amides is 1. The Morgan fingerprint density at radius 3 is 2.46 bits per heavy atom. The van der Waals surface area contributed by atoms with Crippen LogP contribution >= 0.6 is 0 Å². The Hall–Kier alpha value is -3.23. The fourth-order valence-corrected chi connectivity index (χ4v) is 2.53. The molecule has 0 radical (unpaired) electrons. The van der Waals surface area contributed by atoms with Crippen LogP contribution < -0.4 is 10.3 Å². The smallest absolute Gasteiger partial charge is 0.312 e. The highest BCUT2D eigenvalue weighted by molar-refractivity contribution is 5.84. The van der Waals surface area contributed by atoms with E-state index < -0.39 is 16.9 Å². The third kappa shape index (κ3) is 4.05. The summed E-state index contributed by atoms with van der Waals surface area (Å²) in [5.41, 5.74) is 4.87. The largest absolute Gasteiger partial charge is 0.378 e. The maximum absolute atomic E-state index is 12.3. The maximum atomic E-state index is 12.3. The molecule has 2 rings (SSSR count). The van der Waals surface area contributed by atoms with Gasteiger partial charge in [-0.1, -0.05) is 12.1 Å². The van der Waals surface area contributed by atoms with E-state index in [1.165, 1.54) is 10.9 Å². The van der Waals surface area contributed by atoms with Crippen LogP contribution in [0.4, 0.5) is 11.4 Å². The predicted molar refractivity (Wildman–Crippen MR) is 99.6 cm³/mol. The molecular formula is C17H22N6O3. The lowest BCUT2D eigenvalue weighted by atomic mass is 10.2. The van der Waals surface area contributed by atoms with E-state index in [4.69, 9.17) is 0 Å². The first-order valence-electron chi connectivity index (χ1n) is 8.02. The van der Waals surface area contributed by atoms with E-state index in [1.807, 2.05) is 43.3 Å². The molecule has 2 aromatic rings. The second-order valence-electron chi connectivity index (χ2n) is 6.12. The quantitative estimate of drug-likeness (QED) is 0.484. The van der Waals surface area contributed by atoms with E-state index in [0.29, 0.717) is 5.69 Å². The molecule has 0 aliphatic heterocycles. The van der Waals surface area contributed by atoms with E-state index >= 15 is 0 Å². The Balaban J connectivity index is 2.05. The molecule has 0 bridgehead atoms. The fourth-order valence-electron chi connectivity index (χ4n) is 2.53. The molecule has 9 heteroatoms. The standard InChI is InChI=1S/C17H22N6O3/c1-11-16(23(25)26)12(2)22(20-11)13(3)17(24)19-18-10-14-6-8-15(9-7-14)21(4)5/h6-10,13H,1-5H3,(H,19,24)/b18-10-/t13-/m0/s1. The van der Waals surface area contributed by atoms with Gasteiger partial charge in [0.2, 0.25) is 0 Å². The number of benzene rings is 1. The number of hydrogen-bond donors (Lipinski definition) is 1. The van der Waals surface area contributed by atoms with Gasteiger partial charge in [0.05, 0.1) is 11.1 Å². The molecule has 0 spiro atoms. The summed E-state index contributed by atoms with van der Waals surface area (Å²) in [7, 11) is 3.90. The van der Waals surface area contributed by atoms with Gasteiger partial charge in [-0.3, -0.25) is 19.6 Å². The van der Waals surface area contributed by atoms with Gasteiger partial charge in [-0.05, 0) is 38.5 Å². The molecule has 1 atom stereocenters. The van der Waals surface area contributed by atoms with Gasteiger partial charge >= 0.3 is 5.69 Å². The first kappa shape index (κ1) is 19.1. The van der Waals surface area contributed by atoms with Crippen LogP contribution in [-0.2, 0) is 4.79 Å². The topological polar surface area (TPSA) is 106 Å². The van der Waals surface area contributed by atoms with Gasteiger partial charge in [-0.25, -0.2) is 5.43 Å². The number of carbonyl (C=O) groups is 1. The molecule has 0 saturated heterocycles. The summed E-state index contributed by atoms with van der Waals surface area (Å²) >= 11 is 0. The Morgan fingerprint density at radius 1 is 1.35 bits per heavy atom. The third-order valence-corrected chi connectivity index (χ3v) is 4.01. The van der Waals surface area contributed by atoms with Gasteiger partial charge in [0.1, 0.15) is 17.4 Å². The van der Waals surface area contributed by atoms with E-state index in [-0.39, 0.29) is 11.4 Å². The summed E-state index contributed by atoms with van der Waals surface area (Å²) in [6.45, 7) is 4.72. The Kier molecular flexibility index (Phi) is 5.71. The van der Waals surface area contributed by atoms with Crippen molar-refractivity contribution in [3.8, 4) is 0 Å². The molecule has 9 nitrogen and oxygen atoms in total. The van der Waals surface area contributed by atoms with E-state index in [2.05, 4.69) is 15.6 Å². The summed E-state index contributed by atoms with van der Waals surface area (Å²) in [5.74, 6) is -0.411. The van der Waals surface area contributed by atoms with Crippen molar-refractivity contribution in [3.05, 3.63) is 51.3 Å². The van der Waals surface area contributed by atoms with Crippen LogP contribution in [0.25, 0.3) is 0 Å². The number of nitrogens with zero attached hydrogens (tertiary/aromatic N) is 5. The Bertz CT molecular complexity index is 839. The number of anilines is 1. The van der Waals surface area contributed by atoms with Crippen molar-refractivity contribution in [1.29, 1.82) is 0 Å². The maximum Gasteiger partial charge on any atom is 0.312 e. The van der Waals surface area contributed by atoms with Gasteiger partial charge in [0.25, 0.3) is 5.91 Å². The van der Waals surface area contributed by atoms with Crippen molar-refractivity contribution in [1.82, 2.24) is 15.2 Å². The van der Waals surface area contributed by atoms with Crippen LogP contribution in [0.5, 0.6) is 0 Å². The lowest BCUT2D eigenvalue weighted by molar-refractivity contribution is -0.386. The van der Waals surface area contributed by atoms with Crippen LogP contribution in [0.15, 0.2) is 29.4 Å². The first-order chi connectivity index (χ1) is 12.2. The highest BCUT2D eigenvalue weighted by atomic mass is 16.6. The zero-order chi connectivity index (χ0) is 19.4. The summed E-state index contributed by atoms with van der Waals surface area (Å²) in [5, 5.41) is 19.1. The van der Waals surface area contributed by atoms with Gasteiger partial charge in [0, 0.05) is 19.8 Å². The van der Waals surface area contributed by atoms with E-state index in [0.717, 1.165) is 11.3 Å². The molecule has 138 valence electrons. The summed E-state index contributed by atoms with van der Waals surface area (Å²) in [6.07, 6.45) is 1.54. The number of nitro groups is 1. The number of aryl methyl sites for hydroxylation is 1. The van der Waals surface area contributed by atoms with Gasteiger partial charge in [-0.2, -0.15) is 10.2 Å². The van der Waals surface area contributed by atoms with Gasteiger partial charge < -0.3 is 4.90 Å². The van der Waals surface area contributed by atoms with E-state index in [9.17, 15) is 14.9 Å². The monoisotopic (exact) mass is 358 g/mol. The van der Waals surface area contributed by atoms with Crippen LogP contribution in [0.2, 0.25) is 0 Å². The van der Waals surface area contributed by atoms with Crippen LogP contribution in [0, 0.1) is 24.0 Å². The number of hydrazone groups is 1. The molecule has 1 N–H and O–H groups in total. The van der Waals surface area contributed by atoms with Crippen LogP contribution in [0.3, 0.4) is 0 Å². The number of nitrogens with one attached hydrogen (secondary N) is 1. The average molecular weight is 358 g/mol. The Morgan fingerprint density at radius 2 is 1.96 bits per heavy atom. The molecule has 1 aromatic carbocycles. The lowest BCUT2D eigenvalue weighted by Gasteiger charge is -2.12. The van der Waals surface area contributed by atoms with Crippen molar-refractivity contribution in [3.63, 3.8) is 0 Å². The SMILES string of the molecule is Cc1nn([C@@H](C)C(=O)N/N=C\c2ccc(N(C)C)cc2)c(C)c1[N+](=O)[O-]. The molecule has 1 aromatic heterocycles. The molecular weight excluding hydrogens is 336 g/mol. The first-order valence-corrected chi connectivity index (χ1v) is 8.02. The average Bonchev–Trinajstić information content (AvgIpc) is 2.89. The minimum absolute atomic E-state index is 0.0749. The lowest BCUT2D eigenvalue weighted by Crippen LogP contribution is -2.28. The number of rotatable bonds is 6. The molecule has 0 aliphatic rings. The van der Waals surface area contributed by atoms with Crippen molar-refractivity contribution < 1.29 is 9.72 Å². The second-order valence-corrected chi connectivity index (χ2v) is 6.12. The summed E-state index contributed by atoms with van der Waals surface area (Å²) < 4.78 is 1.34. The molecule has 1 amide bonds. The predicted octanol–water partition coefficient (Wildman–Crippen LogP) is 2.19. The Labute approximate surface area is 151 Å². The number of hydrogen-bond acceptors (Lipinski definition) is 6. The number of carbonyl (C=O) groups excluding carboxylic acids is 1. The number of aromatic nitrogens is 2. The highest BCUT2D eigenvalue weighted by Gasteiger charge is 2.26. The zero-order valence-corrected chi connectivity index (χ0v) is 15.4. The van der Waals surface area contributed by atoms with Gasteiger partial charge in [0.15, 0.2) is 0 Å². The van der Waals surface area contributed by atoms with Crippen molar-refractivity contribution in [2.24, 2.45) is 5.10 Å². The molecule has 0 saturated carbocycles. The molecule has 1 heterocycles. The summed E-state index contributed by atoms with van der Waals surface area (Å²) in [6, 6.07) is 6.94. The van der Waals surface area contributed by atoms with Crippen LogP contribution in [-0.4, -0.2) is 40.9 Å². The van der Waals surface area contributed by atoms with Gasteiger partial charge in [-0.15, -0.1) is 0 Å². The summed E-state index contributed by atoms with van der Waals surface area (Å²) in [4.78, 5) is 24.8. The molecule has 0 aliphatic carbocycles. The molecule has 0 unspecified atom stereocenters. The van der Waals surface area contributed by atoms with Crippen LogP contribution in [0.1, 0.15) is 29.9 Å². The highest BCUT2D eigenvalue weighted by Crippen LogP contribution is 2.24. The van der Waals surface area contributed by atoms with Crippen molar-refractivity contribution in [2.45, 2.75) is 26.8 Å².